The predicted octanol–water partition coefficient (Wildman–Crippen LogP) is 3.94. The lowest BCUT2D eigenvalue weighted by Gasteiger charge is -2.09. The SMILES string of the molecule is CCOC(=O)c1sc(NC(=S)NC(=O)C=Cc2ccccc2)c(C(=O)OCC)c1C. The molecular formula is C21H22N2O5S2. The Bertz CT molecular complexity index is 967. The molecule has 0 saturated heterocycles. The summed E-state index contributed by atoms with van der Waals surface area (Å²) in [6.45, 7) is 5.39. The quantitative estimate of drug-likeness (QED) is 0.378. The highest BCUT2D eigenvalue weighted by Gasteiger charge is 2.26. The van der Waals surface area contributed by atoms with Crippen LogP contribution in [0.25, 0.3) is 6.08 Å². The predicted molar refractivity (Wildman–Crippen MR) is 121 cm³/mol. The molecule has 1 heterocycles. The summed E-state index contributed by atoms with van der Waals surface area (Å²) in [5.41, 5.74) is 1.47. The average Bonchev–Trinajstić information content (AvgIpc) is 3.03. The van der Waals surface area contributed by atoms with Crippen molar-refractivity contribution in [1.29, 1.82) is 0 Å². The molecular weight excluding hydrogens is 424 g/mol. The maximum Gasteiger partial charge on any atom is 0.348 e. The molecule has 0 fully saturated rings. The summed E-state index contributed by atoms with van der Waals surface area (Å²) in [6.07, 6.45) is 3.00. The van der Waals surface area contributed by atoms with Crippen molar-refractivity contribution < 1.29 is 23.9 Å². The molecule has 1 aromatic carbocycles. The van der Waals surface area contributed by atoms with E-state index in [1.807, 2.05) is 30.3 Å². The maximum atomic E-state index is 12.4. The van der Waals surface area contributed by atoms with E-state index < -0.39 is 17.8 Å². The highest BCUT2D eigenvalue weighted by atomic mass is 32.1. The molecule has 7 nitrogen and oxygen atoms in total. The topological polar surface area (TPSA) is 93.7 Å². The second-order valence-corrected chi connectivity index (χ2v) is 7.32. The molecule has 0 aliphatic rings. The summed E-state index contributed by atoms with van der Waals surface area (Å²) in [4.78, 5) is 37.0. The standard InChI is InChI=1S/C21H22N2O5S2/c1-4-27-19(25)16-13(3)17(20(26)28-5-2)30-18(16)23-21(29)22-15(24)12-11-14-9-7-6-8-10-14/h6-12H,4-5H2,1-3H3,(H2,22,23,24,29). The smallest absolute Gasteiger partial charge is 0.348 e. The van der Waals surface area contributed by atoms with Crippen molar-refractivity contribution in [3.05, 3.63) is 58.0 Å². The van der Waals surface area contributed by atoms with Crippen LogP contribution in [0.3, 0.4) is 0 Å². The van der Waals surface area contributed by atoms with Crippen LogP contribution in [0.5, 0.6) is 0 Å². The van der Waals surface area contributed by atoms with Gasteiger partial charge in [0.05, 0.1) is 18.8 Å². The Morgan fingerprint density at radius 2 is 1.70 bits per heavy atom. The first-order valence-electron chi connectivity index (χ1n) is 9.20. The van der Waals surface area contributed by atoms with Crippen molar-refractivity contribution in [3.8, 4) is 0 Å². The summed E-state index contributed by atoms with van der Waals surface area (Å²) >= 11 is 6.20. The van der Waals surface area contributed by atoms with Crippen LogP contribution in [0.2, 0.25) is 0 Å². The van der Waals surface area contributed by atoms with Crippen LogP contribution in [0.15, 0.2) is 36.4 Å². The fraction of sp³-hybridized carbons (Fsp3) is 0.238. The van der Waals surface area contributed by atoms with E-state index in [0.29, 0.717) is 10.6 Å². The first-order valence-corrected chi connectivity index (χ1v) is 10.4. The van der Waals surface area contributed by atoms with Gasteiger partial charge in [-0.05, 0) is 50.2 Å². The monoisotopic (exact) mass is 446 g/mol. The van der Waals surface area contributed by atoms with E-state index in [4.69, 9.17) is 21.7 Å². The van der Waals surface area contributed by atoms with Crippen molar-refractivity contribution >= 4 is 57.6 Å². The number of benzene rings is 1. The van der Waals surface area contributed by atoms with Crippen LogP contribution in [0.4, 0.5) is 5.00 Å². The Balaban J connectivity index is 2.17. The van der Waals surface area contributed by atoms with Crippen LogP contribution in [-0.2, 0) is 14.3 Å². The molecule has 0 saturated carbocycles. The zero-order chi connectivity index (χ0) is 22.1. The molecule has 30 heavy (non-hydrogen) atoms. The number of hydrogen-bond acceptors (Lipinski definition) is 7. The Labute approximate surface area is 184 Å². The van der Waals surface area contributed by atoms with Gasteiger partial charge in [0, 0.05) is 6.08 Å². The molecule has 2 rings (SSSR count). The first kappa shape index (κ1) is 23.2. The first-order chi connectivity index (χ1) is 14.4. The molecule has 2 N–H and O–H groups in total. The maximum absolute atomic E-state index is 12.4. The fourth-order valence-electron chi connectivity index (χ4n) is 2.47. The minimum absolute atomic E-state index is 0.0140. The van der Waals surface area contributed by atoms with Gasteiger partial charge >= 0.3 is 11.9 Å². The molecule has 0 unspecified atom stereocenters. The second kappa shape index (κ2) is 11.2. The Kier molecular flexibility index (Phi) is 8.70. The molecule has 1 aromatic heterocycles. The van der Waals surface area contributed by atoms with E-state index >= 15 is 0 Å². The third-order valence-corrected chi connectivity index (χ3v) is 5.17. The number of ether oxygens (including phenoxy) is 2. The van der Waals surface area contributed by atoms with Gasteiger partial charge in [0.25, 0.3) is 0 Å². The van der Waals surface area contributed by atoms with Gasteiger partial charge in [0.15, 0.2) is 5.11 Å². The van der Waals surface area contributed by atoms with Crippen molar-refractivity contribution in [2.45, 2.75) is 20.8 Å². The number of esters is 2. The van der Waals surface area contributed by atoms with Gasteiger partial charge < -0.3 is 14.8 Å². The third-order valence-electron chi connectivity index (χ3n) is 3.78. The van der Waals surface area contributed by atoms with E-state index in [1.165, 1.54) is 6.08 Å². The van der Waals surface area contributed by atoms with Crippen molar-refractivity contribution in [1.82, 2.24) is 5.32 Å². The summed E-state index contributed by atoms with van der Waals surface area (Å²) in [5.74, 6) is -1.57. The fourth-order valence-corrected chi connectivity index (χ4v) is 3.83. The Hall–Kier alpha value is -3.04. The van der Waals surface area contributed by atoms with Crippen LogP contribution in [0, 0.1) is 6.92 Å². The lowest BCUT2D eigenvalue weighted by Crippen LogP contribution is -2.33. The second-order valence-electron chi connectivity index (χ2n) is 5.89. The molecule has 1 amide bonds. The molecule has 0 aliphatic carbocycles. The molecule has 2 aromatic rings. The number of nitrogens with one attached hydrogen (secondary N) is 2. The van der Waals surface area contributed by atoms with E-state index in [9.17, 15) is 14.4 Å². The van der Waals surface area contributed by atoms with Crippen LogP contribution >= 0.6 is 23.6 Å². The summed E-state index contributed by atoms with van der Waals surface area (Å²) in [7, 11) is 0. The molecule has 9 heteroatoms. The summed E-state index contributed by atoms with van der Waals surface area (Å²) in [5, 5.41) is 5.61. The number of hydrogen-bond donors (Lipinski definition) is 2. The van der Waals surface area contributed by atoms with E-state index in [-0.39, 0.29) is 28.8 Å². The molecule has 158 valence electrons. The number of carbonyl (C=O) groups excluding carboxylic acids is 3. The van der Waals surface area contributed by atoms with E-state index in [0.717, 1.165) is 16.9 Å². The lowest BCUT2D eigenvalue weighted by molar-refractivity contribution is -0.115. The van der Waals surface area contributed by atoms with Gasteiger partial charge in [-0.15, -0.1) is 11.3 Å². The average molecular weight is 447 g/mol. The summed E-state index contributed by atoms with van der Waals surface area (Å²) < 4.78 is 10.1. The van der Waals surface area contributed by atoms with Crippen LogP contribution in [-0.4, -0.2) is 36.2 Å². The van der Waals surface area contributed by atoms with Gasteiger partial charge in [0.2, 0.25) is 5.91 Å². The molecule has 0 bridgehead atoms. The van der Waals surface area contributed by atoms with Crippen molar-refractivity contribution in [2.75, 3.05) is 18.5 Å². The van der Waals surface area contributed by atoms with Gasteiger partial charge in [0.1, 0.15) is 9.88 Å². The number of amides is 1. The van der Waals surface area contributed by atoms with Gasteiger partial charge in [-0.25, -0.2) is 9.59 Å². The van der Waals surface area contributed by atoms with Gasteiger partial charge in [-0.1, -0.05) is 30.3 Å². The highest BCUT2D eigenvalue weighted by Crippen LogP contribution is 2.34. The molecule has 0 aliphatic heterocycles. The number of anilines is 1. The van der Waals surface area contributed by atoms with Gasteiger partial charge in [-0.2, -0.15) is 0 Å². The van der Waals surface area contributed by atoms with E-state index in [2.05, 4.69) is 10.6 Å². The van der Waals surface area contributed by atoms with Crippen molar-refractivity contribution in [3.63, 3.8) is 0 Å². The number of thiophene rings is 1. The lowest BCUT2D eigenvalue weighted by atomic mass is 10.1. The Morgan fingerprint density at radius 3 is 2.33 bits per heavy atom. The van der Waals surface area contributed by atoms with E-state index in [1.54, 1.807) is 26.8 Å². The third kappa shape index (κ3) is 6.23. The molecule has 0 spiro atoms. The largest absolute Gasteiger partial charge is 0.462 e. The van der Waals surface area contributed by atoms with Crippen LogP contribution < -0.4 is 10.6 Å². The van der Waals surface area contributed by atoms with Crippen LogP contribution in [0.1, 0.15) is 45.0 Å². The summed E-state index contributed by atoms with van der Waals surface area (Å²) in [6, 6.07) is 9.32. The minimum Gasteiger partial charge on any atom is -0.462 e. The zero-order valence-electron chi connectivity index (χ0n) is 16.8. The zero-order valence-corrected chi connectivity index (χ0v) is 18.4. The number of carbonyl (C=O) groups is 3. The van der Waals surface area contributed by atoms with Crippen molar-refractivity contribution in [2.24, 2.45) is 0 Å². The molecule has 0 atom stereocenters. The minimum atomic E-state index is -0.595. The molecule has 0 radical (unpaired) electrons. The highest BCUT2D eigenvalue weighted by molar-refractivity contribution is 7.80. The number of rotatable bonds is 7. The Morgan fingerprint density at radius 1 is 1.07 bits per heavy atom. The van der Waals surface area contributed by atoms with Gasteiger partial charge in [-0.3, -0.25) is 10.1 Å². The number of thiocarbonyl (C=S) groups is 1. The normalized spacial score (nSPS) is 10.5.